The summed E-state index contributed by atoms with van der Waals surface area (Å²) < 4.78 is 16.5. The van der Waals surface area contributed by atoms with Crippen LogP contribution in [0.1, 0.15) is 27.5 Å². The Morgan fingerprint density at radius 2 is 1.91 bits per heavy atom. The zero-order valence-corrected chi connectivity index (χ0v) is 20.5. The maximum absolute atomic E-state index is 12.4. The summed E-state index contributed by atoms with van der Waals surface area (Å²) in [6, 6.07) is 11.4. The molecule has 1 aliphatic heterocycles. The quantitative estimate of drug-likeness (QED) is 0.442. The molecule has 10 heteroatoms. The summed E-state index contributed by atoms with van der Waals surface area (Å²) in [5.41, 5.74) is 2.15. The third-order valence-electron chi connectivity index (χ3n) is 5.26. The number of hydrogen-bond acceptors (Lipinski definition) is 7. The molecule has 2 aromatic carbocycles. The number of likely N-dealkylation sites (N-methyl/N-ethyl adjacent to an activating group) is 1. The summed E-state index contributed by atoms with van der Waals surface area (Å²) in [6.45, 7) is 2.91. The number of oxazole rings is 1. The van der Waals surface area contributed by atoms with Gasteiger partial charge < -0.3 is 24.1 Å². The molecule has 0 fully saturated rings. The van der Waals surface area contributed by atoms with Gasteiger partial charge in [0.25, 0.3) is 5.91 Å². The van der Waals surface area contributed by atoms with E-state index in [-0.39, 0.29) is 18.4 Å². The average molecular weight is 505 g/mol. The fourth-order valence-electron chi connectivity index (χ4n) is 3.54. The number of carbonyl (C=O) groups excluding carboxylic acids is 1. The summed E-state index contributed by atoms with van der Waals surface area (Å²) >= 11 is 12.7. The largest absolute Gasteiger partial charge is 0.454 e. The molecule has 8 nitrogen and oxygen atoms in total. The minimum atomic E-state index is -0.267. The van der Waals surface area contributed by atoms with Gasteiger partial charge in [0.2, 0.25) is 12.7 Å². The molecule has 0 bridgehead atoms. The van der Waals surface area contributed by atoms with Crippen LogP contribution in [-0.4, -0.2) is 54.7 Å². The molecule has 180 valence electrons. The fourth-order valence-corrected chi connectivity index (χ4v) is 3.92. The zero-order valence-electron chi connectivity index (χ0n) is 19.0. The van der Waals surface area contributed by atoms with Crippen LogP contribution in [0.15, 0.2) is 47.1 Å². The molecule has 0 aliphatic carbocycles. The van der Waals surface area contributed by atoms with E-state index >= 15 is 0 Å². The number of ether oxygens (including phenoxy) is 2. The molecule has 0 saturated heterocycles. The van der Waals surface area contributed by atoms with Gasteiger partial charge in [-0.1, -0.05) is 41.4 Å². The second kappa shape index (κ2) is 11.1. The van der Waals surface area contributed by atoms with Gasteiger partial charge in [-0.3, -0.25) is 9.69 Å². The van der Waals surface area contributed by atoms with E-state index in [0.29, 0.717) is 47.9 Å². The van der Waals surface area contributed by atoms with E-state index in [0.717, 1.165) is 23.4 Å². The van der Waals surface area contributed by atoms with Gasteiger partial charge in [0, 0.05) is 26.2 Å². The number of rotatable bonds is 10. The molecule has 1 aromatic heterocycles. The summed E-state index contributed by atoms with van der Waals surface area (Å²) in [4.78, 5) is 20.9. The van der Waals surface area contributed by atoms with Crippen LogP contribution in [0.5, 0.6) is 11.5 Å². The van der Waals surface area contributed by atoms with E-state index in [4.69, 9.17) is 37.1 Å². The number of halogens is 2. The molecule has 0 unspecified atom stereocenters. The molecular formula is C24H26Cl2N4O4. The summed E-state index contributed by atoms with van der Waals surface area (Å²) in [5, 5.41) is 3.84. The van der Waals surface area contributed by atoms with Gasteiger partial charge in [-0.2, -0.15) is 0 Å². The second-order valence-electron chi connectivity index (χ2n) is 8.23. The first-order valence-electron chi connectivity index (χ1n) is 10.8. The topological polar surface area (TPSA) is 80.1 Å². The molecule has 3 aromatic rings. The Labute approximate surface area is 208 Å². The number of nitrogens with zero attached hydrogens (tertiary/aromatic N) is 3. The fraction of sp³-hybridized carbons (Fsp3) is 0.333. The lowest BCUT2D eigenvalue weighted by molar-refractivity contribution is 0.0946. The Bertz CT molecular complexity index is 1150. The molecule has 1 N–H and O–H groups in total. The van der Waals surface area contributed by atoms with E-state index in [2.05, 4.69) is 15.2 Å². The Morgan fingerprint density at radius 3 is 2.74 bits per heavy atom. The van der Waals surface area contributed by atoms with Crippen LogP contribution in [0, 0.1) is 0 Å². The highest BCUT2D eigenvalue weighted by Gasteiger charge is 2.19. The maximum atomic E-state index is 12.4. The van der Waals surface area contributed by atoms with Crippen molar-refractivity contribution in [3.05, 3.63) is 75.4 Å². The summed E-state index contributed by atoms with van der Waals surface area (Å²) in [5.74, 6) is 1.60. The van der Waals surface area contributed by atoms with Crippen molar-refractivity contribution in [3.8, 4) is 11.5 Å². The number of nitrogens with one attached hydrogen (secondary N) is 1. The van der Waals surface area contributed by atoms with Crippen molar-refractivity contribution in [2.75, 3.05) is 34.0 Å². The van der Waals surface area contributed by atoms with E-state index in [1.54, 1.807) is 6.07 Å². The van der Waals surface area contributed by atoms with E-state index in [9.17, 15) is 4.79 Å². The molecule has 0 spiro atoms. The van der Waals surface area contributed by atoms with Crippen molar-refractivity contribution in [1.82, 2.24) is 20.1 Å². The third-order valence-corrected chi connectivity index (χ3v) is 6.11. The van der Waals surface area contributed by atoms with E-state index in [1.165, 1.54) is 6.26 Å². The first kappa shape index (κ1) is 24.3. The number of carbonyl (C=O) groups is 1. The second-order valence-corrected chi connectivity index (χ2v) is 9.02. The highest BCUT2D eigenvalue weighted by atomic mass is 35.5. The molecule has 0 radical (unpaired) electrons. The van der Waals surface area contributed by atoms with Crippen molar-refractivity contribution in [1.29, 1.82) is 0 Å². The lowest BCUT2D eigenvalue weighted by Crippen LogP contribution is -2.31. The van der Waals surface area contributed by atoms with Crippen LogP contribution < -0.4 is 14.8 Å². The van der Waals surface area contributed by atoms with Gasteiger partial charge in [0.1, 0.15) is 6.26 Å². The predicted octanol–water partition coefficient (Wildman–Crippen LogP) is 4.20. The predicted molar refractivity (Wildman–Crippen MR) is 129 cm³/mol. The normalized spacial score (nSPS) is 12.5. The van der Waals surface area contributed by atoms with Gasteiger partial charge in [0.05, 0.1) is 16.6 Å². The van der Waals surface area contributed by atoms with Crippen LogP contribution in [0.2, 0.25) is 10.0 Å². The monoisotopic (exact) mass is 504 g/mol. The lowest BCUT2D eigenvalue weighted by Gasteiger charge is -2.22. The summed E-state index contributed by atoms with van der Waals surface area (Å²) in [7, 11) is 3.89. The van der Waals surface area contributed by atoms with Crippen molar-refractivity contribution in [3.63, 3.8) is 0 Å². The SMILES string of the molecule is CN(C)CCNC(=O)c1coc(CN(Cc2ccc3c(c2)OCO3)Cc2cccc(Cl)c2Cl)n1. The third kappa shape index (κ3) is 6.21. The lowest BCUT2D eigenvalue weighted by atomic mass is 10.1. The molecule has 4 rings (SSSR count). The van der Waals surface area contributed by atoms with E-state index < -0.39 is 0 Å². The first-order valence-corrected chi connectivity index (χ1v) is 11.6. The number of aromatic nitrogens is 1. The Kier molecular flexibility index (Phi) is 7.95. The molecule has 1 aliphatic rings. The van der Waals surface area contributed by atoms with Crippen LogP contribution >= 0.6 is 23.2 Å². The van der Waals surface area contributed by atoms with E-state index in [1.807, 2.05) is 49.3 Å². The minimum absolute atomic E-state index is 0.219. The van der Waals surface area contributed by atoms with Gasteiger partial charge in [-0.25, -0.2) is 4.98 Å². The zero-order chi connectivity index (χ0) is 24.1. The maximum Gasteiger partial charge on any atom is 0.273 e. The number of amides is 1. The number of fused-ring (bicyclic) bond motifs is 1. The van der Waals surface area contributed by atoms with Crippen molar-refractivity contribution in [2.45, 2.75) is 19.6 Å². The Balaban J connectivity index is 1.49. The number of hydrogen-bond donors (Lipinski definition) is 1. The van der Waals surface area contributed by atoms with Gasteiger partial charge in [0.15, 0.2) is 17.2 Å². The minimum Gasteiger partial charge on any atom is -0.454 e. The highest BCUT2D eigenvalue weighted by molar-refractivity contribution is 6.42. The average Bonchev–Trinajstić information content (AvgIpc) is 3.46. The van der Waals surface area contributed by atoms with Crippen LogP contribution in [0.25, 0.3) is 0 Å². The molecule has 0 saturated carbocycles. The van der Waals surface area contributed by atoms with Gasteiger partial charge >= 0.3 is 0 Å². The molecule has 34 heavy (non-hydrogen) atoms. The standard InChI is InChI=1S/C24H26Cl2N4O4/c1-29(2)9-8-27-24(31)19-14-32-22(28-19)13-30(12-17-4-3-5-18(25)23(17)26)11-16-6-7-20-21(10-16)34-15-33-20/h3-7,10,14H,8-9,11-13,15H2,1-2H3,(H,27,31). The Morgan fingerprint density at radius 1 is 1.09 bits per heavy atom. The van der Waals surface area contributed by atoms with Crippen LogP contribution in [0.3, 0.4) is 0 Å². The molecule has 0 atom stereocenters. The van der Waals surface area contributed by atoms with Crippen molar-refractivity contribution >= 4 is 29.1 Å². The van der Waals surface area contributed by atoms with Gasteiger partial charge in [-0.05, 0) is 43.4 Å². The first-order chi connectivity index (χ1) is 16.4. The van der Waals surface area contributed by atoms with Crippen molar-refractivity contribution in [2.24, 2.45) is 0 Å². The van der Waals surface area contributed by atoms with Crippen LogP contribution in [-0.2, 0) is 19.6 Å². The highest BCUT2D eigenvalue weighted by Crippen LogP contribution is 2.33. The Hall–Kier alpha value is -2.78. The van der Waals surface area contributed by atoms with Gasteiger partial charge in [-0.15, -0.1) is 0 Å². The smallest absolute Gasteiger partial charge is 0.273 e. The summed E-state index contributed by atoms with van der Waals surface area (Å²) in [6.07, 6.45) is 1.38. The molecule has 2 heterocycles. The number of benzene rings is 2. The molecule has 1 amide bonds. The van der Waals surface area contributed by atoms with Crippen LogP contribution in [0.4, 0.5) is 0 Å². The molecular weight excluding hydrogens is 479 g/mol. The van der Waals surface area contributed by atoms with Crippen molar-refractivity contribution < 1.29 is 18.7 Å².